The molecular formula is C34H60N6O18P2. The lowest BCUT2D eigenvalue weighted by Gasteiger charge is -2.21. The van der Waals surface area contributed by atoms with Crippen LogP contribution in [-0.2, 0) is 62.7 Å². The van der Waals surface area contributed by atoms with Crippen molar-refractivity contribution in [2.24, 2.45) is 5.92 Å². The first kappa shape index (κ1) is 51.4. The number of hydrogen-bond acceptors (Lipinski definition) is 16. The van der Waals surface area contributed by atoms with Crippen molar-refractivity contribution in [3.05, 3.63) is 22.2 Å². The minimum absolute atomic E-state index is 0.00417. The van der Waals surface area contributed by atoms with Crippen LogP contribution in [0.3, 0.4) is 0 Å². The SMILES string of the molecule is C[C@@H]1CC(=O)N[C@@H]1CCCCCC(=O)NCCOCCOCCOCCOCCC(=O)NCCCc1cn([C@@H]2O[C@H](COP(=O)(O)O)[C@H](OP(=O)(O)O)C2O)c(=O)nc1N. The van der Waals surface area contributed by atoms with Gasteiger partial charge in [-0.1, -0.05) is 19.8 Å². The zero-order valence-electron chi connectivity index (χ0n) is 33.6. The molecule has 1 aromatic rings. The molecule has 3 heterocycles. The van der Waals surface area contributed by atoms with Gasteiger partial charge in [-0.3, -0.25) is 28.0 Å². The molecule has 344 valence electrons. The fourth-order valence-electron chi connectivity index (χ4n) is 6.34. The van der Waals surface area contributed by atoms with Gasteiger partial charge < -0.3 is 70.0 Å². The van der Waals surface area contributed by atoms with Crippen LogP contribution >= 0.6 is 15.6 Å². The number of nitrogen functional groups attached to an aromatic ring is 1. The van der Waals surface area contributed by atoms with E-state index < -0.39 is 52.5 Å². The highest BCUT2D eigenvalue weighted by molar-refractivity contribution is 7.46. The number of aromatic nitrogens is 2. The lowest BCUT2D eigenvalue weighted by molar-refractivity contribution is -0.122. The summed E-state index contributed by atoms with van der Waals surface area (Å²) in [5.74, 6) is 0.0692. The maximum atomic E-state index is 12.6. The molecule has 0 radical (unpaired) electrons. The Morgan fingerprint density at radius 3 is 2.12 bits per heavy atom. The van der Waals surface area contributed by atoms with Crippen molar-refractivity contribution in [2.75, 3.05) is 78.3 Å². The molecule has 6 atom stereocenters. The molecule has 2 fully saturated rings. The number of amides is 3. The van der Waals surface area contributed by atoms with Gasteiger partial charge in [-0.2, -0.15) is 4.98 Å². The molecule has 3 amide bonds. The molecule has 10 N–H and O–H groups in total. The Balaban J connectivity index is 1.16. The number of aliphatic hydroxyl groups excluding tert-OH is 1. The zero-order chi connectivity index (χ0) is 44.1. The molecule has 0 aromatic carbocycles. The highest BCUT2D eigenvalue weighted by atomic mass is 31.2. The Kier molecular flexibility index (Phi) is 22.7. The molecule has 0 aliphatic carbocycles. The van der Waals surface area contributed by atoms with E-state index in [4.69, 9.17) is 39.2 Å². The average molecular weight is 903 g/mol. The van der Waals surface area contributed by atoms with Gasteiger partial charge in [-0.05, 0) is 31.6 Å². The van der Waals surface area contributed by atoms with Crippen molar-refractivity contribution in [1.82, 2.24) is 25.5 Å². The Labute approximate surface area is 347 Å². The highest BCUT2D eigenvalue weighted by Crippen LogP contribution is 2.45. The second-order valence-corrected chi connectivity index (χ2v) is 16.6. The first-order chi connectivity index (χ1) is 28.4. The smallest absolute Gasteiger partial charge is 0.386 e. The van der Waals surface area contributed by atoms with Gasteiger partial charge in [0.25, 0.3) is 0 Å². The number of nitrogens with one attached hydrogen (secondary N) is 3. The van der Waals surface area contributed by atoms with Gasteiger partial charge in [0.05, 0.1) is 59.5 Å². The van der Waals surface area contributed by atoms with E-state index in [9.17, 15) is 43.2 Å². The van der Waals surface area contributed by atoms with Gasteiger partial charge in [0.15, 0.2) is 6.23 Å². The number of unbranched alkanes of at least 4 members (excludes halogenated alkanes) is 2. The van der Waals surface area contributed by atoms with Crippen LogP contribution in [0.4, 0.5) is 5.82 Å². The molecule has 2 aliphatic heterocycles. The Morgan fingerprint density at radius 1 is 0.883 bits per heavy atom. The second-order valence-electron chi connectivity index (χ2n) is 14.2. The molecule has 1 unspecified atom stereocenters. The standard InChI is InChI=1S/C34H60N6O18P2/c1-23-20-29(43)38-25(23)7-3-2-4-8-27(41)37-11-13-53-15-17-55-19-18-54-16-14-52-12-9-28(42)36-10-5-6-24-21-40(34(45)39-32(24)35)33-30(44)31(58-60(49,50)51)26(57-33)22-56-59(46,47)48/h21,23,25-26,30-31,33,44H,2-20,22H2,1H3,(H,36,42)(H,37,41)(H,38,43)(H2,35,39,45)(H2,46,47,48)(H2,49,50,51)/t23-,25-,26-,30?,31+,33-/m1/s1. The maximum absolute atomic E-state index is 12.6. The second kappa shape index (κ2) is 26.5. The first-order valence-electron chi connectivity index (χ1n) is 19.7. The number of aryl methyl sites for hydroxylation is 1. The fourth-order valence-corrected chi connectivity index (χ4v) is 7.26. The molecule has 3 rings (SSSR count). The largest absolute Gasteiger partial charge is 0.470 e. The number of aliphatic hydroxyl groups is 1. The third-order valence-corrected chi connectivity index (χ3v) is 10.4. The van der Waals surface area contributed by atoms with Gasteiger partial charge in [-0.25, -0.2) is 13.9 Å². The normalized spacial score (nSPS) is 21.9. The summed E-state index contributed by atoms with van der Waals surface area (Å²) in [4.78, 5) is 88.5. The minimum atomic E-state index is -5.24. The third kappa shape index (κ3) is 20.3. The van der Waals surface area contributed by atoms with Crippen LogP contribution in [0.15, 0.2) is 11.0 Å². The van der Waals surface area contributed by atoms with Crippen molar-refractivity contribution in [3.63, 3.8) is 0 Å². The number of phosphoric ester groups is 2. The van der Waals surface area contributed by atoms with Crippen LogP contribution < -0.4 is 27.4 Å². The molecule has 60 heavy (non-hydrogen) atoms. The minimum Gasteiger partial charge on any atom is -0.386 e. The van der Waals surface area contributed by atoms with Gasteiger partial charge in [-0.15, -0.1) is 0 Å². The van der Waals surface area contributed by atoms with Crippen LogP contribution in [0.5, 0.6) is 0 Å². The van der Waals surface area contributed by atoms with Crippen LogP contribution in [0, 0.1) is 5.92 Å². The third-order valence-electron chi connectivity index (χ3n) is 9.37. The van der Waals surface area contributed by atoms with Crippen LogP contribution in [0.25, 0.3) is 0 Å². The predicted molar refractivity (Wildman–Crippen MR) is 209 cm³/mol. The summed E-state index contributed by atoms with van der Waals surface area (Å²) in [6.45, 7) is 4.36. The molecule has 2 aliphatic rings. The van der Waals surface area contributed by atoms with Crippen molar-refractivity contribution >= 4 is 39.2 Å². The Hall–Kier alpha value is -2.93. The molecule has 26 heteroatoms. The van der Waals surface area contributed by atoms with Gasteiger partial charge >= 0.3 is 21.3 Å². The van der Waals surface area contributed by atoms with Crippen LogP contribution in [0.2, 0.25) is 0 Å². The van der Waals surface area contributed by atoms with E-state index >= 15 is 0 Å². The number of rotatable bonds is 31. The van der Waals surface area contributed by atoms with E-state index in [1.807, 2.05) is 0 Å². The summed E-state index contributed by atoms with van der Waals surface area (Å²) < 4.78 is 59.6. The zero-order valence-corrected chi connectivity index (χ0v) is 35.4. The molecule has 1 aromatic heterocycles. The topological polar surface area (TPSA) is 348 Å². The summed E-state index contributed by atoms with van der Waals surface area (Å²) in [6, 6.07) is 0.253. The van der Waals surface area contributed by atoms with Crippen LogP contribution in [-0.4, -0.2) is 149 Å². The molecular weight excluding hydrogens is 842 g/mol. The summed E-state index contributed by atoms with van der Waals surface area (Å²) in [7, 11) is -10.3. The molecule has 2 saturated heterocycles. The highest BCUT2D eigenvalue weighted by Gasteiger charge is 2.49. The van der Waals surface area contributed by atoms with E-state index in [1.54, 1.807) is 0 Å². The maximum Gasteiger partial charge on any atom is 0.470 e. The monoisotopic (exact) mass is 902 g/mol. The van der Waals surface area contributed by atoms with Gasteiger partial charge in [0.1, 0.15) is 24.1 Å². The Morgan fingerprint density at radius 2 is 1.50 bits per heavy atom. The van der Waals surface area contributed by atoms with Crippen molar-refractivity contribution in [2.45, 2.75) is 95.3 Å². The number of anilines is 1. The van der Waals surface area contributed by atoms with E-state index in [0.717, 1.165) is 30.3 Å². The summed E-state index contributed by atoms with van der Waals surface area (Å²) >= 11 is 0. The number of ether oxygens (including phenoxy) is 5. The molecule has 0 saturated carbocycles. The number of nitrogens with zero attached hydrogens (tertiary/aromatic N) is 2. The summed E-state index contributed by atoms with van der Waals surface area (Å²) in [6.07, 6.45) is -0.423. The molecule has 24 nitrogen and oxygen atoms in total. The number of nitrogens with two attached hydrogens (primary N) is 1. The van der Waals surface area contributed by atoms with E-state index in [-0.39, 0.29) is 62.2 Å². The lowest BCUT2D eigenvalue weighted by atomic mass is 9.97. The van der Waals surface area contributed by atoms with Gasteiger partial charge in [0.2, 0.25) is 17.7 Å². The number of phosphoric acid groups is 2. The molecule has 0 spiro atoms. The quantitative estimate of drug-likeness (QED) is 0.0311. The lowest BCUT2D eigenvalue weighted by Crippen LogP contribution is -2.38. The number of carbonyl (C=O) groups is 3. The summed E-state index contributed by atoms with van der Waals surface area (Å²) in [5, 5.41) is 19.3. The van der Waals surface area contributed by atoms with E-state index in [2.05, 4.69) is 36.9 Å². The molecule has 0 bridgehead atoms. The van der Waals surface area contributed by atoms with Crippen molar-refractivity contribution in [1.29, 1.82) is 0 Å². The average Bonchev–Trinajstić information content (AvgIpc) is 3.65. The van der Waals surface area contributed by atoms with Crippen molar-refractivity contribution in [3.8, 4) is 0 Å². The Bertz CT molecular complexity index is 1650. The fraction of sp³-hybridized carbons (Fsp3) is 0.794. The van der Waals surface area contributed by atoms with E-state index in [1.165, 1.54) is 6.20 Å². The van der Waals surface area contributed by atoms with Crippen molar-refractivity contribution < 1.29 is 80.9 Å². The van der Waals surface area contributed by atoms with E-state index in [0.29, 0.717) is 76.9 Å². The van der Waals surface area contributed by atoms with Crippen LogP contribution in [0.1, 0.15) is 70.1 Å². The first-order valence-corrected chi connectivity index (χ1v) is 22.8. The predicted octanol–water partition coefficient (Wildman–Crippen LogP) is -1.23. The van der Waals surface area contributed by atoms with Gasteiger partial charge in [0, 0.05) is 50.2 Å². The summed E-state index contributed by atoms with van der Waals surface area (Å²) in [5.41, 5.74) is 5.21. The number of carbonyl (C=O) groups excluding carboxylic acids is 3. The number of hydrogen-bond donors (Lipinski definition) is 9.